The van der Waals surface area contributed by atoms with Gasteiger partial charge in [0.1, 0.15) is 5.82 Å². The van der Waals surface area contributed by atoms with Crippen LogP contribution in [-0.2, 0) is 6.42 Å². The molecule has 0 atom stereocenters. The number of aryl methyl sites for hydroxylation is 2. The monoisotopic (exact) mass is 527 g/mol. The Morgan fingerprint density at radius 1 is 0.861 bits per heavy atom. The first-order chi connectivity index (χ1) is 16.6. The lowest BCUT2D eigenvalue weighted by Gasteiger charge is -2.40. The molecule has 0 amide bonds. The van der Waals surface area contributed by atoms with Crippen LogP contribution in [0.25, 0.3) is 10.9 Å². The minimum Gasteiger partial charge on any atom is -0.361 e. The Morgan fingerprint density at radius 3 is 2.08 bits per heavy atom. The Morgan fingerprint density at radius 2 is 1.47 bits per heavy atom. The zero-order valence-corrected chi connectivity index (χ0v) is 22.6. The van der Waals surface area contributed by atoms with E-state index in [0.29, 0.717) is 12.1 Å². The highest BCUT2D eigenvalue weighted by Gasteiger charge is 2.28. The van der Waals surface area contributed by atoms with Gasteiger partial charge in [0.05, 0.1) is 0 Å². The number of fused-ring (bicyclic) bond motifs is 1. The third-order valence-corrected chi connectivity index (χ3v) is 7.37. The summed E-state index contributed by atoms with van der Waals surface area (Å²) in [6.07, 6.45) is 7.59. The van der Waals surface area contributed by atoms with Crippen LogP contribution < -0.4 is 10.2 Å². The van der Waals surface area contributed by atoms with Crippen molar-refractivity contribution in [1.29, 1.82) is 0 Å². The average Bonchev–Trinajstić information content (AvgIpc) is 3.24. The molecule has 0 aliphatic heterocycles. The number of aromatic nitrogens is 1. The lowest BCUT2D eigenvalue weighted by Crippen LogP contribution is -2.41. The summed E-state index contributed by atoms with van der Waals surface area (Å²) in [4.78, 5) is 5.85. The van der Waals surface area contributed by atoms with Crippen LogP contribution >= 0.6 is 24.8 Å². The Balaban J connectivity index is 0.00000180. The maximum atomic E-state index is 13.7. The highest BCUT2D eigenvalue weighted by atomic mass is 35.5. The molecule has 1 heterocycles. The van der Waals surface area contributed by atoms with Crippen LogP contribution in [0.3, 0.4) is 0 Å². The molecule has 0 unspecified atom stereocenters. The molecule has 5 rings (SSSR count). The van der Waals surface area contributed by atoms with Gasteiger partial charge >= 0.3 is 0 Å². The molecule has 4 aromatic rings. The van der Waals surface area contributed by atoms with Crippen molar-refractivity contribution in [3.05, 3.63) is 95.4 Å². The number of para-hydroxylation sites is 2. The normalized spacial score (nSPS) is 17.3. The van der Waals surface area contributed by atoms with Crippen LogP contribution in [0.15, 0.2) is 72.9 Å². The van der Waals surface area contributed by atoms with Gasteiger partial charge in [0.15, 0.2) is 0 Å². The highest BCUT2D eigenvalue weighted by Crippen LogP contribution is 2.37. The molecule has 36 heavy (non-hydrogen) atoms. The van der Waals surface area contributed by atoms with E-state index in [1.54, 1.807) is 6.07 Å². The molecule has 3 nitrogen and oxygen atoms in total. The van der Waals surface area contributed by atoms with Crippen molar-refractivity contribution in [2.24, 2.45) is 0 Å². The minimum absolute atomic E-state index is 0. The number of halogens is 3. The van der Waals surface area contributed by atoms with E-state index >= 15 is 0 Å². The molecule has 0 radical (unpaired) electrons. The number of rotatable bonds is 7. The van der Waals surface area contributed by atoms with Gasteiger partial charge in [0.25, 0.3) is 0 Å². The van der Waals surface area contributed by atoms with Gasteiger partial charge in [-0.15, -0.1) is 24.8 Å². The summed E-state index contributed by atoms with van der Waals surface area (Å²) in [5.41, 5.74) is 7.47. The summed E-state index contributed by atoms with van der Waals surface area (Å²) in [5, 5.41) is 4.77. The summed E-state index contributed by atoms with van der Waals surface area (Å²) in [6.45, 7) is 5.34. The van der Waals surface area contributed by atoms with Crippen molar-refractivity contribution in [2.75, 3.05) is 11.4 Å². The number of aromatic amines is 1. The van der Waals surface area contributed by atoms with Gasteiger partial charge in [0, 0.05) is 40.6 Å². The molecule has 0 saturated heterocycles. The second-order valence-electron chi connectivity index (χ2n) is 9.66. The number of H-pyrrole nitrogens is 1. The second-order valence-corrected chi connectivity index (χ2v) is 9.66. The van der Waals surface area contributed by atoms with E-state index in [4.69, 9.17) is 0 Å². The molecule has 3 aromatic carbocycles. The van der Waals surface area contributed by atoms with Gasteiger partial charge in [0.2, 0.25) is 0 Å². The molecule has 0 spiro atoms. The van der Waals surface area contributed by atoms with E-state index < -0.39 is 0 Å². The molecule has 0 bridgehead atoms. The van der Waals surface area contributed by atoms with Crippen LogP contribution in [0.2, 0.25) is 0 Å². The summed E-state index contributed by atoms with van der Waals surface area (Å²) in [6, 6.07) is 23.5. The van der Waals surface area contributed by atoms with Gasteiger partial charge < -0.3 is 15.2 Å². The third-order valence-electron chi connectivity index (χ3n) is 7.37. The molecule has 1 saturated carbocycles. The van der Waals surface area contributed by atoms with Crippen molar-refractivity contribution >= 4 is 47.1 Å². The maximum Gasteiger partial charge on any atom is 0.123 e. The molecular formula is C30H36Cl2FN3. The molecule has 1 aliphatic carbocycles. The van der Waals surface area contributed by atoms with Crippen LogP contribution in [0.1, 0.15) is 42.4 Å². The number of hydrogen-bond acceptors (Lipinski definition) is 2. The standard InChI is InChI=1S/C30H34FN3.2ClH/c1-21-7-3-5-9-29(21)34(30-10-6-4-8-22(30)2)26-14-12-25(13-15-26)32-18-17-23-20-33-28-16-11-24(31)19-27(23)28;;/h3-11,16,19-20,25-26,32-33H,12-15,17-18H2,1-2H3;2*1H. The quantitative estimate of drug-likeness (QED) is 0.254. The first-order valence-corrected chi connectivity index (χ1v) is 12.5. The van der Waals surface area contributed by atoms with Crippen LogP contribution in [0, 0.1) is 19.7 Å². The van der Waals surface area contributed by atoms with E-state index in [1.165, 1.54) is 59.8 Å². The minimum atomic E-state index is -0.175. The molecule has 1 aliphatic rings. The van der Waals surface area contributed by atoms with Gasteiger partial charge in [-0.2, -0.15) is 0 Å². The lowest BCUT2D eigenvalue weighted by atomic mass is 9.88. The van der Waals surface area contributed by atoms with E-state index in [-0.39, 0.29) is 30.6 Å². The largest absolute Gasteiger partial charge is 0.361 e. The van der Waals surface area contributed by atoms with Crippen molar-refractivity contribution in [1.82, 2.24) is 10.3 Å². The van der Waals surface area contributed by atoms with E-state index in [0.717, 1.165) is 23.9 Å². The van der Waals surface area contributed by atoms with Crippen LogP contribution in [0.4, 0.5) is 15.8 Å². The summed E-state index contributed by atoms with van der Waals surface area (Å²) < 4.78 is 13.7. The van der Waals surface area contributed by atoms with Gasteiger partial charge in [-0.25, -0.2) is 4.39 Å². The second kappa shape index (κ2) is 12.6. The number of anilines is 2. The lowest BCUT2D eigenvalue weighted by molar-refractivity contribution is 0.342. The molecule has 1 fully saturated rings. The van der Waals surface area contributed by atoms with Crippen LogP contribution in [0.5, 0.6) is 0 Å². The molecule has 192 valence electrons. The summed E-state index contributed by atoms with van der Waals surface area (Å²) in [5.74, 6) is -0.175. The number of hydrogen-bond donors (Lipinski definition) is 2. The van der Waals surface area contributed by atoms with E-state index in [2.05, 4.69) is 77.6 Å². The Bertz CT molecular complexity index is 1220. The summed E-state index contributed by atoms with van der Waals surface area (Å²) >= 11 is 0. The molecule has 6 heteroatoms. The van der Waals surface area contributed by atoms with Crippen LogP contribution in [-0.4, -0.2) is 23.6 Å². The molecule has 1 aromatic heterocycles. The topological polar surface area (TPSA) is 31.1 Å². The average molecular weight is 529 g/mol. The van der Waals surface area contributed by atoms with Gasteiger partial charge in [-0.05, 0) is 99.5 Å². The van der Waals surface area contributed by atoms with Crippen molar-refractivity contribution < 1.29 is 4.39 Å². The molecule has 2 N–H and O–H groups in total. The smallest absolute Gasteiger partial charge is 0.123 e. The third kappa shape index (κ3) is 6.05. The zero-order chi connectivity index (χ0) is 23.5. The predicted octanol–water partition coefficient (Wildman–Crippen LogP) is 8.05. The maximum absolute atomic E-state index is 13.7. The Hall–Kier alpha value is -2.53. The first kappa shape index (κ1) is 28.0. The highest BCUT2D eigenvalue weighted by molar-refractivity contribution is 5.85. The molecular weight excluding hydrogens is 492 g/mol. The predicted molar refractivity (Wildman–Crippen MR) is 155 cm³/mol. The number of nitrogens with zero attached hydrogens (tertiary/aromatic N) is 1. The number of nitrogens with one attached hydrogen (secondary N) is 2. The fraction of sp³-hybridized carbons (Fsp3) is 0.333. The van der Waals surface area contributed by atoms with Gasteiger partial charge in [-0.3, -0.25) is 0 Å². The van der Waals surface area contributed by atoms with Crippen molar-refractivity contribution in [3.63, 3.8) is 0 Å². The van der Waals surface area contributed by atoms with E-state index in [1.807, 2.05) is 12.3 Å². The Kier molecular flexibility index (Phi) is 9.84. The SMILES string of the molecule is Cc1ccccc1N(c1ccccc1C)C1CCC(NCCc2c[nH]c3ccc(F)cc23)CC1.Cl.Cl. The fourth-order valence-electron chi connectivity index (χ4n) is 5.50. The zero-order valence-electron chi connectivity index (χ0n) is 21.0. The van der Waals surface area contributed by atoms with Crippen molar-refractivity contribution in [2.45, 2.75) is 58.0 Å². The van der Waals surface area contributed by atoms with Gasteiger partial charge in [-0.1, -0.05) is 36.4 Å². The van der Waals surface area contributed by atoms with Crippen molar-refractivity contribution in [3.8, 4) is 0 Å². The first-order valence-electron chi connectivity index (χ1n) is 12.5. The Labute approximate surface area is 226 Å². The summed E-state index contributed by atoms with van der Waals surface area (Å²) in [7, 11) is 0. The fourth-order valence-corrected chi connectivity index (χ4v) is 5.50. The number of benzene rings is 3. The van der Waals surface area contributed by atoms with E-state index in [9.17, 15) is 4.39 Å².